The highest BCUT2D eigenvalue weighted by Crippen LogP contribution is 2.19. The molecule has 0 amide bonds. The molecule has 0 aliphatic rings. The van der Waals surface area contributed by atoms with Crippen LogP contribution in [-0.4, -0.2) is 34.4 Å². The molecule has 0 heterocycles. The highest BCUT2D eigenvalue weighted by Gasteiger charge is 2.15. The van der Waals surface area contributed by atoms with Crippen LogP contribution in [0.4, 0.5) is 0 Å². The van der Waals surface area contributed by atoms with Gasteiger partial charge in [0.05, 0.1) is 0 Å². The molecule has 0 aliphatic heterocycles. The molecular weight excluding hydrogens is 202 g/mol. The lowest BCUT2D eigenvalue weighted by Gasteiger charge is -2.14. The summed E-state index contributed by atoms with van der Waals surface area (Å²) in [5, 5.41) is 8.76. The van der Waals surface area contributed by atoms with E-state index in [4.69, 9.17) is 10.8 Å². The molecule has 2 unspecified atom stereocenters. The third-order valence-electron chi connectivity index (χ3n) is 1.80. The van der Waals surface area contributed by atoms with Crippen molar-refractivity contribution in [3.63, 3.8) is 0 Å². The van der Waals surface area contributed by atoms with Crippen LogP contribution in [0.3, 0.4) is 0 Å². The van der Waals surface area contributed by atoms with E-state index in [0.717, 1.165) is 19.1 Å². The maximum absolute atomic E-state index is 10.4. The summed E-state index contributed by atoms with van der Waals surface area (Å²) in [6.45, 7) is 2.04. The molecule has 0 saturated heterocycles. The van der Waals surface area contributed by atoms with Crippen LogP contribution in [-0.2, 0) is 9.59 Å². The van der Waals surface area contributed by atoms with Gasteiger partial charge in [-0.05, 0) is 6.42 Å². The Hall–Kier alpha value is -0.550. The van der Waals surface area contributed by atoms with Gasteiger partial charge in [-0.1, -0.05) is 13.3 Å². The van der Waals surface area contributed by atoms with Crippen molar-refractivity contribution in [3.8, 4) is 0 Å². The van der Waals surface area contributed by atoms with Crippen molar-refractivity contribution < 1.29 is 14.7 Å². The van der Waals surface area contributed by atoms with E-state index in [1.807, 2.05) is 6.92 Å². The summed E-state index contributed by atoms with van der Waals surface area (Å²) in [6, 6.07) is -0.828. The molecule has 4 nitrogen and oxygen atoms in total. The highest BCUT2D eigenvalue weighted by molar-refractivity contribution is 8.00. The number of aldehydes is 1. The van der Waals surface area contributed by atoms with Gasteiger partial charge >= 0.3 is 5.97 Å². The molecule has 0 spiro atoms. The molecule has 82 valence electrons. The van der Waals surface area contributed by atoms with Crippen LogP contribution < -0.4 is 5.73 Å². The number of hydrogen-bond donors (Lipinski definition) is 2. The van der Waals surface area contributed by atoms with E-state index >= 15 is 0 Å². The van der Waals surface area contributed by atoms with E-state index in [2.05, 4.69) is 0 Å². The topological polar surface area (TPSA) is 80.4 Å². The second-order valence-corrected chi connectivity index (χ2v) is 4.42. The minimum Gasteiger partial charge on any atom is -0.480 e. The first-order chi connectivity index (χ1) is 6.61. The maximum Gasteiger partial charge on any atom is 0.321 e. The molecule has 0 aliphatic carbocycles. The fourth-order valence-corrected chi connectivity index (χ4v) is 2.25. The number of carboxylic acid groups (broad SMARTS) is 1. The molecular formula is C9H17NO3S. The maximum atomic E-state index is 10.4. The molecule has 2 atom stereocenters. The number of rotatable bonds is 8. The number of carboxylic acids is 1. The molecule has 3 N–H and O–H groups in total. The zero-order chi connectivity index (χ0) is 11.0. The van der Waals surface area contributed by atoms with Crippen molar-refractivity contribution in [1.29, 1.82) is 0 Å². The SMILES string of the molecule is CCCC(CC=O)SCC(N)C(=O)O. The van der Waals surface area contributed by atoms with Crippen LogP contribution in [0.1, 0.15) is 26.2 Å². The molecule has 0 aromatic carbocycles. The third kappa shape index (κ3) is 5.99. The lowest BCUT2D eigenvalue weighted by molar-refractivity contribution is -0.137. The summed E-state index contributed by atoms with van der Waals surface area (Å²) in [4.78, 5) is 20.7. The summed E-state index contributed by atoms with van der Waals surface area (Å²) >= 11 is 1.47. The predicted molar refractivity (Wildman–Crippen MR) is 57.4 cm³/mol. The summed E-state index contributed by atoms with van der Waals surface area (Å²) in [5.74, 6) is -0.618. The first-order valence-corrected chi connectivity index (χ1v) is 5.70. The minimum atomic E-state index is -0.987. The van der Waals surface area contributed by atoms with Gasteiger partial charge in [-0.3, -0.25) is 4.79 Å². The number of thioether (sulfide) groups is 1. The van der Waals surface area contributed by atoms with Gasteiger partial charge in [-0.15, -0.1) is 0 Å². The molecule has 0 aromatic rings. The van der Waals surface area contributed by atoms with Crippen molar-refractivity contribution in [1.82, 2.24) is 0 Å². The summed E-state index contributed by atoms with van der Waals surface area (Å²) in [6.07, 6.45) is 3.27. The first-order valence-electron chi connectivity index (χ1n) is 4.65. The number of aliphatic carboxylic acids is 1. The lowest BCUT2D eigenvalue weighted by atomic mass is 10.2. The van der Waals surface area contributed by atoms with E-state index in [1.165, 1.54) is 11.8 Å². The average molecular weight is 219 g/mol. The Labute approximate surface area is 88.2 Å². The van der Waals surface area contributed by atoms with Gasteiger partial charge in [0.25, 0.3) is 0 Å². The normalized spacial score (nSPS) is 14.7. The quantitative estimate of drug-likeness (QED) is 0.593. The number of nitrogens with two attached hydrogens (primary N) is 1. The Kier molecular flexibility index (Phi) is 7.51. The molecule has 14 heavy (non-hydrogen) atoms. The van der Waals surface area contributed by atoms with Crippen molar-refractivity contribution >= 4 is 24.0 Å². The Morgan fingerprint density at radius 2 is 2.29 bits per heavy atom. The Bertz CT molecular complexity index is 187. The molecule has 0 bridgehead atoms. The first kappa shape index (κ1) is 13.4. The molecule has 5 heteroatoms. The third-order valence-corrected chi connectivity index (χ3v) is 3.25. The Morgan fingerprint density at radius 3 is 2.71 bits per heavy atom. The molecule has 0 radical (unpaired) electrons. The number of carbonyl (C=O) groups excluding carboxylic acids is 1. The van der Waals surface area contributed by atoms with Crippen LogP contribution in [0.2, 0.25) is 0 Å². The lowest BCUT2D eigenvalue weighted by Crippen LogP contribution is -2.33. The van der Waals surface area contributed by atoms with Crippen LogP contribution in [0.15, 0.2) is 0 Å². The second kappa shape index (κ2) is 7.82. The summed E-state index contributed by atoms with van der Waals surface area (Å²) in [7, 11) is 0. The highest BCUT2D eigenvalue weighted by atomic mass is 32.2. The fourth-order valence-electron chi connectivity index (χ4n) is 1.01. The van der Waals surface area contributed by atoms with Crippen molar-refractivity contribution in [2.45, 2.75) is 37.5 Å². The molecule has 0 rings (SSSR count). The van der Waals surface area contributed by atoms with E-state index in [-0.39, 0.29) is 5.25 Å². The average Bonchev–Trinajstić information content (AvgIpc) is 2.14. The zero-order valence-corrected chi connectivity index (χ0v) is 9.13. The van der Waals surface area contributed by atoms with E-state index < -0.39 is 12.0 Å². The summed E-state index contributed by atoms with van der Waals surface area (Å²) < 4.78 is 0. The van der Waals surface area contributed by atoms with E-state index in [1.54, 1.807) is 0 Å². The van der Waals surface area contributed by atoms with E-state index in [0.29, 0.717) is 12.2 Å². The Balaban J connectivity index is 3.79. The van der Waals surface area contributed by atoms with Gasteiger partial charge in [0, 0.05) is 17.4 Å². The second-order valence-electron chi connectivity index (χ2n) is 3.09. The van der Waals surface area contributed by atoms with Gasteiger partial charge < -0.3 is 15.6 Å². The zero-order valence-electron chi connectivity index (χ0n) is 8.31. The van der Waals surface area contributed by atoms with Crippen molar-refractivity contribution in [2.75, 3.05) is 5.75 Å². The van der Waals surface area contributed by atoms with Crippen LogP contribution >= 0.6 is 11.8 Å². The Morgan fingerprint density at radius 1 is 1.64 bits per heavy atom. The number of hydrogen-bond acceptors (Lipinski definition) is 4. The van der Waals surface area contributed by atoms with Crippen LogP contribution in [0.25, 0.3) is 0 Å². The minimum absolute atomic E-state index is 0.211. The monoisotopic (exact) mass is 219 g/mol. The van der Waals surface area contributed by atoms with Crippen LogP contribution in [0.5, 0.6) is 0 Å². The molecule has 0 fully saturated rings. The number of carbonyl (C=O) groups is 2. The van der Waals surface area contributed by atoms with Gasteiger partial charge in [-0.25, -0.2) is 0 Å². The van der Waals surface area contributed by atoms with E-state index in [9.17, 15) is 9.59 Å². The predicted octanol–water partition coefficient (Wildman–Crippen LogP) is 0.889. The largest absolute Gasteiger partial charge is 0.480 e. The molecule has 0 saturated carbocycles. The van der Waals surface area contributed by atoms with Gasteiger partial charge in [0.15, 0.2) is 0 Å². The molecule has 0 aromatic heterocycles. The van der Waals surface area contributed by atoms with Crippen LogP contribution in [0, 0.1) is 0 Å². The fraction of sp³-hybridized carbons (Fsp3) is 0.778. The van der Waals surface area contributed by atoms with Crippen molar-refractivity contribution in [3.05, 3.63) is 0 Å². The van der Waals surface area contributed by atoms with Gasteiger partial charge in [0.1, 0.15) is 12.3 Å². The van der Waals surface area contributed by atoms with Gasteiger partial charge in [-0.2, -0.15) is 11.8 Å². The standard InChI is InChI=1S/C9H17NO3S/c1-2-3-7(4-5-11)14-6-8(10)9(12)13/h5,7-8H,2-4,6,10H2,1H3,(H,12,13). The van der Waals surface area contributed by atoms with Crippen molar-refractivity contribution in [2.24, 2.45) is 5.73 Å². The smallest absolute Gasteiger partial charge is 0.321 e. The van der Waals surface area contributed by atoms with Gasteiger partial charge in [0.2, 0.25) is 0 Å². The summed E-state index contributed by atoms with van der Waals surface area (Å²) in [5.41, 5.74) is 5.35.